The number of hydrogen-bond acceptors (Lipinski definition) is 5. The molecule has 1 aromatic rings. The maximum Gasteiger partial charge on any atom is 0.330 e. The molecule has 1 heterocycles. The standard InChI is InChI=1S/C9H13N3O4/c1-5-8(12(14)15)6(2)11(10-5)7(3)9(13)16-4/h7H,1-4H3/t7-/m1/s1. The summed E-state index contributed by atoms with van der Waals surface area (Å²) in [6.45, 7) is 4.66. The van der Waals surface area contributed by atoms with Crippen molar-refractivity contribution in [2.45, 2.75) is 26.8 Å². The Hall–Kier alpha value is -1.92. The fourth-order valence-corrected chi connectivity index (χ4v) is 1.57. The molecule has 0 unspecified atom stereocenters. The molecule has 0 saturated heterocycles. The summed E-state index contributed by atoms with van der Waals surface area (Å²) in [7, 11) is 1.26. The van der Waals surface area contributed by atoms with Crippen LogP contribution in [0.1, 0.15) is 24.4 Å². The maximum absolute atomic E-state index is 11.3. The minimum absolute atomic E-state index is 0.0595. The van der Waals surface area contributed by atoms with Gasteiger partial charge in [-0.2, -0.15) is 5.10 Å². The van der Waals surface area contributed by atoms with Crippen LogP contribution in [0, 0.1) is 24.0 Å². The summed E-state index contributed by atoms with van der Waals surface area (Å²) < 4.78 is 5.87. The second-order valence-electron chi connectivity index (χ2n) is 3.42. The van der Waals surface area contributed by atoms with Gasteiger partial charge in [0, 0.05) is 0 Å². The Bertz CT molecular complexity index is 438. The first kappa shape index (κ1) is 12.2. The number of methoxy groups -OCH3 is 1. The van der Waals surface area contributed by atoms with Crippen LogP contribution >= 0.6 is 0 Å². The number of esters is 1. The van der Waals surface area contributed by atoms with Crippen LogP contribution in [0.5, 0.6) is 0 Å². The fourth-order valence-electron chi connectivity index (χ4n) is 1.57. The normalized spacial score (nSPS) is 12.2. The first-order chi connectivity index (χ1) is 7.40. The number of rotatable bonds is 3. The maximum atomic E-state index is 11.3. The van der Waals surface area contributed by atoms with Crippen LogP contribution in [0.2, 0.25) is 0 Å². The molecule has 0 aliphatic rings. The number of hydrogen-bond donors (Lipinski definition) is 0. The number of carbonyl (C=O) groups excluding carboxylic acids is 1. The minimum Gasteiger partial charge on any atom is -0.467 e. The van der Waals surface area contributed by atoms with Crippen LogP contribution in [-0.2, 0) is 9.53 Å². The second-order valence-corrected chi connectivity index (χ2v) is 3.42. The van der Waals surface area contributed by atoms with Crippen molar-refractivity contribution in [3.8, 4) is 0 Å². The molecule has 0 aromatic carbocycles. The monoisotopic (exact) mass is 227 g/mol. The van der Waals surface area contributed by atoms with E-state index in [-0.39, 0.29) is 5.69 Å². The molecule has 0 bridgehead atoms. The Morgan fingerprint density at radius 2 is 2.12 bits per heavy atom. The van der Waals surface area contributed by atoms with Crippen LogP contribution in [0.3, 0.4) is 0 Å². The van der Waals surface area contributed by atoms with E-state index in [1.54, 1.807) is 13.8 Å². The molecular formula is C9H13N3O4. The summed E-state index contributed by atoms with van der Waals surface area (Å²) in [6, 6.07) is -0.669. The molecular weight excluding hydrogens is 214 g/mol. The number of nitrogens with zero attached hydrogens (tertiary/aromatic N) is 3. The smallest absolute Gasteiger partial charge is 0.330 e. The number of aryl methyl sites for hydroxylation is 1. The Balaban J connectivity index is 3.22. The molecule has 1 aromatic heterocycles. The molecule has 1 rings (SSSR count). The van der Waals surface area contributed by atoms with Gasteiger partial charge < -0.3 is 4.74 Å². The van der Waals surface area contributed by atoms with Gasteiger partial charge in [0.2, 0.25) is 0 Å². The molecule has 88 valence electrons. The third kappa shape index (κ3) is 1.88. The molecule has 0 aliphatic carbocycles. The topological polar surface area (TPSA) is 87.3 Å². The van der Waals surface area contributed by atoms with Gasteiger partial charge in [0.05, 0.1) is 12.0 Å². The van der Waals surface area contributed by atoms with E-state index in [1.165, 1.54) is 18.7 Å². The molecule has 7 heteroatoms. The molecule has 1 atom stereocenters. The molecule has 0 fully saturated rings. The van der Waals surface area contributed by atoms with E-state index in [4.69, 9.17) is 0 Å². The predicted octanol–water partition coefficient (Wildman–Crippen LogP) is 1.14. The van der Waals surface area contributed by atoms with Crippen molar-refractivity contribution in [2.75, 3.05) is 7.11 Å². The predicted molar refractivity (Wildman–Crippen MR) is 55.1 cm³/mol. The Morgan fingerprint density at radius 3 is 2.50 bits per heavy atom. The van der Waals surface area contributed by atoms with Gasteiger partial charge in [0.25, 0.3) is 0 Å². The largest absolute Gasteiger partial charge is 0.467 e. The molecule has 0 amide bonds. The molecule has 0 spiro atoms. The quantitative estimate of drug-likeness (QED) is 0.439. The lowest BCUT2D eigenvalue weighted by atomic mass is 10.3. The summed E-state index contributed by atoms with van der Waals surface area (Å²) in [5, 5.41) is 14.7. The number of carbonyl (C=O) groups is 1. The highest BCUT2D eigenvalue weighted by molar-refractivity contribution is 5.73. The van der Waals surface area contributed by atoms with Crippen LogP contribution in [0.25, 0.3) is 0 Å². The van der Waals surface area contributed by atoms with E-state index >= 15 is 0 Å². The van der Waals surface area contributed by atoms with Crippen molar-refractivity contribution < 1.29 is 14.5 Å². The highest BCUT2D eigenvalue weighted by Crippen LogP contribution is 2.24. The summed E-state index contributed by atoms with van der Waals surface area (Å²) in [5.74, 6) is -0.486. The summed E-state index contributed by atoms with van der Waals surface area (Å²) in [4.78, 5) is 21.6. The molecule has 7 nitrogen and oxygen atoms in total. The van der Waals surface area contributed by atoms with E-state index in [9.17, 15) is 14.9 Å². The molecule has 0 saturated carbocycles. The summed E-state index contributed by atoms with van der Waals surface area (Å²) in [6.07, 6.45) is 0. The van der Waals surface area contributed by atoms with E-state index in [2.05, 4.69) is 9.84 Å². The molecule has 0 aliphatic heterocycles. The van der Waals surface area contributed by atoms with E-state index in [0.717, 1.165) is 0 Å². The Morgan fingerprint density at radius 1 is 1.56 bits per heavy atom. The number of aromatic nitrogens is 2. The van der Waals surface area contributed by atoms with Gasteiger partial charge in [0.1, 0.15) is 17.4 Å². The van der Waals surface area contributed by atoms with Crippen LogP contribution < -0.4 is 0 Å². The fraction of sp³-hybridized carbons (Fsp3) is 0.556. The van der Waals surface area contributed by atoms with E-state index in [0.29, 0.717) is 11.4 Å². The number of nitro groups is 1. The van der Waals surface area contributed by atoms with Gasteiger partial charge >= 0.3 is 11.7 Å². The van der Waals surface area contributed by atoms with Gasteiger partial charge in [-0.25, -0.2) is 9.48 Å². The van der Waals surface area contributed by atoms with Gasteiger partial charge in [-0.05, 0) is 20.8 Å². The lowest BCUT2D eigenvalue weighted by molar-refractivity contribution is -0.386. The third-order valence-electron chi connectivity index (χ3n) is 2.38. The van der Waals surface area contributed by atoms with E-state index in [1.807, 2.05) is 0 Å². The highest BCUT2D eigenvalue weighted by atomic mass is 16.6. The van der Waals surface area contributed by atoms with Gasteiger partial charge in [-0.15, -0.1) is 0 Å². The van der Waals surface area contributed by atoms with Crippen LogP contribution in [0.15, 0.2) is 0 Å². The number of ether oxygens (including phenoxy) is 1. The molecule has 16 heavy (non-hydrogen) atoms. The van der Waals surface area contributed by atoms with Crippen molar-refractivity contribution in [1.29, 1.82) is 0 Å². The SMILES string of the molecule is COC(=O)[C@@H](C)n1nc(C)c([N+](=O)[O-])c1C. The molecule has 0 radical (unpaired) electrons. The van der Waals surface area contributed by atoms with Crippen molar-refractivity contribution in [1.82, 2.24) is 9.78 Å². The van der Waals surface area contributed by atoms with Crippen LogP contribution in [-0.4, -0.2) is 27.8 Å². The zero-order chi connectivity index (χ0) is 12.5. The van der Waals surface area contributed by atoms with Crippen molar-refractivity contribution >= 4 is 11.7 Å². The second kappa shape index (κ2) is 4.30. The average Bonchev–Trinajstić information content (AvgIpc) is 2.51. The zero-order valence-electron chi connectivity index (χ0n) is 9.55. The van der Waals surface area contributed by atoms with Crippen molar-refractivity contribution in [3.63, 3.8) is 0 Å². The third-order valence-corrected chi connectivity index (χ3v) is 2.38. The Kier molecular flexibility index (Phi) is 3.26. The van der Waals surface area contributed by atoms with Crippen LogP contribution in [0.4, 0.5) is 5.69 Å². The first-order valence-electron chi connectivity index (χ1n) is 4.68. The zero-order valence-corrected chi connectivity index (χ0v) is 9.55. The van der Waals surface area contributed by atoms with Gasteiger partial charge in [0.15, 0.2) is 0 Å². The van der Waals surface area contributed by atoms with E-state index < -0.39 is 16.9 Å². The van der Waals surface area contributed by atoms with Gasteiger partial charge in [-0.1, -0.05) is 0 Å². The van der Waals surface area contributed by atoms with Crippen molar-refractivity contribution in [2.24, 2.45) is 0 Å². The summed E-state index contributed by atoms with van der Waals surface area (Å²) >= 11 is 0. The van der Waals surface area contributed by atoms with Gasteiger partial charge in [-0.3, -0.25) is 10.1 Å². The Labute approximate surface area is 92.2 Å². The highest BCUT2D eigenvalue weighted by Gasteiger charge is 2.27. The lowest BCUT2D eigenvalue weighted by Gasteiger charge is -2.10. The summed E-state index contributed by atoms with van der Waals surface area (Å²) in [5.41, 5.74) is 0.578. The minimum atomic E-state index is -0.669. The van der Waals surface area contributed by atoms with Crippen molar-refractivity contribution in [3.05, 3.63) is 21.5 Å². The molecule has 0 N–H and O–H groups in total. The average molecular weight is 227 g/mol. The lowest BCUT2D eigenvalue weighted by Crippen LogP contribution is -2.20. The first-order valence-corrected chi connectivity index (χ1v) is 4.68.